The number of piperidine rings is 1. The highest BCUT2D eigenvalue weighted by Gasteiger charge is 2.24. The van der Waals surface area contributed by atoms with Crippen LogP contribution in [0.3, 0.4) is 0 Å². The Hall–Kier alpha value is -1.22. The minimum atomic E-state index is 0.383. The van der Waals surface area contributed by atoms with Crippen LogP contribution in [-0.4, -0.2) is 20.8 Å². The monoisotopic (exact) mass is 249 g/mol. The molecule has 18 heavy (non-hydrogen) atoms. The topological polar surface area (TPSA) is 30.5 Å². The van der Waals surface area contributed by atoms with Crippen molar-refractivity contribution in [2.24, 2.45) is 5.92 Å². The summed E-state index contributed by atoms with van der Waals surface area (Å²) >= 11 is 0. The van der Waals surface area contributed by atoms with Gasteiger partial charge in [-0.05, 0) is 43.5 Å². The van der Waals surface area contributed by atoms with Crippen molar-refractivity contribution < 1.29 is 9.47 Å². The van der Waals surface area contributed by atoms with Crippen LogP contribution in [0, 0.1) is 5.92 Å². The summed E-state index contributed by atoms with van der Waals surface area (Å²) in [5.74, 6) is 2.66. The molecule has 1 saturated heterocycles. The van der Waals surface area contributed by atoms with Gasteiger partial charge in [-0.2, -0.15) is 0 Å². The van der Waals surface area contributed by atoms with E-state index in [4.69, 9.17) is 9.47 Å². The Morgan fingerprint density at radius 2 is 2.11 bits per heavy atom. The van der Waals surface area contributed by atoms with E-state index in [-0.39, 0.29) is 0 Å². The van der Waals surface area contributed by atoms with Gasteiger partial charge in [0.05, 0.1) is 14.2 Å². The van der Waals surface area contributed by atoms with E-state index in [1.807, 2.05) is 12.1 Å². The molecule has 2 rings (SSSR count). The van der Waals surface area contributed by atoms with Crippen molar-refractivity contribution in [1.29, 1.82) is 0 Å². The number of ether oxygens (including phenoxy) is 2. The lowest BCUT2D eigenvalue weighted by molar-refractivity contribution is 0.291. The van der Waals surface area contributed by atoms with Crippen LogP contribution < -0.4 is 14.8 Å². The number of methoxy groups -OCH3 is 2. The first-order chi connectivity index (χ1) is 8.78. The highest BCUT2D eigenvalue weighted by Crippen LogP contribution is 2.35. The predicted molar refractivity (Wildman–Crippen MR) is 73.3 cm³/mol. The van der Waals surface area contributed by atoms with E-state index >= 15 is 0 Å². The molecule has 1 aromatic rings. The molecule has 1 aliphatic rings. The molecular formula is C15H23NO2. The van der Waals surface area contributed by atoms with E-state index in [0.717, 1.165) is 24.0 Å². The summed E-state index contributed by atoms with van der Waals surface area (Å²) in [6, 6.07) is 6.41. The molecule has 2 unspecified atom stereocenters. The molecule has 1 aromatic carbocycles. The van der Waals surface area contributed by atoms with Crippen LogP contribution in [0.4, 0.5) is 0 Å². The molecule has 0 bridgehead atoms. The molecule has 100 valence electrons. The van der Waals surface area contributed by atoms with E-state index in [0.29, 0.717) is 6.04 Å². The first kappa shape index (κ1) is 13.2. The Labute approximate surface area is 109 Å². The lowest BCUT2D eigenvalue weighted by atomic mass is 9.87. The van der Waals surface area contributed by atoms with Crippen molar-refractivity contribution in [2.75, 3.05) is 20.8 Å². The highest BCUT2D eigenvalue weighted by molar-refractivity contribution is 5.42. The molecule has 2 atom stereocenters. The maximum atomic E-state index is 5.47. The van der Waals surface area contributed by atoms with Gasteiger partial charge in [-0.1, -0.05) is 13.3 Å². The number of hydrogen-bond acceptors (Lipinski definition) is 3. The molecule has 1 heterocycles. The maximum absolute atomic E-state index is 5.47. The molecule has 1 N–H and O–H groups in total. The zero-order valence-corrected chi connectivity index (χ0v) is 11.5. The lowest BCUT2D eigenvalue weighted by Gasteiger charge is -2.31. The van der Waals surface area contributed by atoms with E-state index in [2.05, 4.69) is 18.3 Å². The van der Waals surface area contributed by atoms with Crippen LogP contribution in [0.15, 0.2) is 18.2 Å². The normalized spacial score (nSPS) is 23.7. The predicted octanol–water partition coefficient (Wildman–Crippen LogP) is 3.15. The number of rotatable bonds is 4. The lowest BCUT2D eigenvalue weighted by Crippen LogP contribution is -2.31. The Morgan fingerprint density at radius 3 is 2.78 bits per heavy atom. The van der Waals surface area contributed by atoms with Crippen molar-refractivity contribution in [3.05, 3.63) is 23.8 Å². The van der Waals surface area contributed by atoms with Gasteiger partial charge in [-0.3, -0.25) is 0 Å². The van der Waals surface area contributed by atoms with E-state index in [1.54, 1.807) is 14.2 Å². The van der Waals surface area contributed by atoms with Gasteiger partial charge in [0, 0.05) is 11.6 Å². The third kappa shape index (κ3) is 2.78. The van der Waals surface area contributed by atoms with Gasteiger partial charge >= 0.3 is 0 Å². The molecular weight excluding hydrogens is 226 g/mol. The van der Waals surface area contributed by atoms with Crippen LogP contribution in [0.5, 0.6) is 11.5 Å². The molecule has 0 aromatic heterocycles. The van der Waals surface area contributed by atoms with Crippen molar-refractivity contribution in [1.82, 2.24) is 5.32 Å². The summed E-state index contributed by atoms with van der Waals surface area (Å²) in [4.78, 5) is 0. The summed E-state index contributed by atoms with van der Waals surface area (Å²) in [7, 11) is 3.43. The van der Waals surface area contributed by atoms with E-state index < -0.39 is 0 Å². The smallest absolute Gasteiger partial charge is 0.123 e. The van der Waals surface area contributed by atoms with Crippen LogP contribution in [0.1, 0.15) is 37.8 Å². The molecule has 3 nitrogen and oxygen atoms in total. The second kappa shape index (κ2) is 6.10. The zero-order chi connectivity index (χ0) is 13.0. The third-order valence-electron chi connectivity index (χ3n) is 3.90. The van der Waals surface area contributed by atoms with E-state index in [9.17, 15) is 0 Å². The van der Waals surface area contributed by atoms with E-state index in [1.165, 1.54) is 24.8 Å². The van der Waals surface area contributed by atoms with Crippen LogP contribution in [0.25, 0.3) is 0 Å². The molecule has 1 aliphatic heterocycles. The molecule has 0 radical (unpaired) electrons. The average molecular weight is 249 g/mol. The van der Waals surface area contributed by atoms with Gasteiger partial charge in [-0.15, -0.1) is 0 Å². The quantitative estimate of drug-likeness (QED) is 0.889. The average Bonchev–Trinajstić information content (AvgIpc) is 2.46. The Kier molecular flexibility index (Phi) is 4.48. The molecule has 0 saturated carbocycles. The molecule has 0 aliphatic carbocycles. The van der Waals surface area contributed by atoms with Crippen molar-refractivity contribution in [3.8, 4) is 11.5 Å². The fraction of sp³-hybridized carbons (Fsp3) is 0.600. The minimum absolute atomic E-state index is 0.383. The maximum Gasteiger partial charge on any atom is 0.123 e. The van der Waals surface area contributed by atoms with Gasteiger partial charge in [0.1, 0.15) is 11.5 Å². The van der Waals surface area contributed by atoms with Gasteiger partial charge in [-0.25, -0.2) is 0 Å². The first-order valence-corrected chi connectivity index (χ1v) is 6.73. The van der Waals surface area contributed by atoms with Gasteiger partial charge in [0.25, 0.3) is 0 Å². The minimum Gasteiger partial charge on any atom is -0.497 e. The summed E-state index contributed by atoms with van der Waals surface area (Å²) < 4.78 is 10.8. The molecule has 3 heteroatoms. The standard InChI is InChI=1S/C15H23NO2/c1-4-11-7-8-16-14(9-11)13-10-12(17-2)5-6-15(13)18-3/h5-6,10-11,14,16H,4,7-9H2,1-3H3. The highest BCUT2D eigenvalue weighted by atomic mass is 16.5. The van der Waals surface area contributed by atoms with Crippen molar-refractivity contribution in [3.63, 3.8) is 0 Å². The molecule has 0 amide bonds. The second-order valence-corrected chi connectivity index (χ2v) is 4.91. The summed E-state index contributed by atoms with van der Waals surface area (Å²) in [5.41, 5.74) is 1.22. The van der Waals surface area contributed by atoms with Crippen LogP contribution in [0.2, 0.25) is 0 Å². The Morgan fingerprint density at radius 1 is 1.28 bits per heavy atom. The number of hydrogen-bond donors (Lipinski definition) is 1. The van der Waals surface area contributed by atoms with Gasteiger partial charge in [0.15, 0.2) is 0 Å². The summed E-state index contributed by atoms with van der Waals surface area (Å²) in [6.07, 6.45) is 3.71. The fourth-order valence-corrected chi connectivity index (χ4v) is 2.72. The second-order valence-electron chi connectivity index (χ2n) is 4.91. The molecule has 0 spiro atoms. The third-order valence-corrected chi connectivity index (χ3v) is 3.90. The Bertz CT molecular complexity index is 392. The summed E-state index contributed by atoms with van der Waals surface area (Å²) in [6.45, 7) is 3.36. The van der Waals surface area contributed by atoms with Gasteiger partial charge in [0.2, 0.25) is 0 Å². The molecule has 1 fully saturated rings. The van der Waals surface area contributed by atoms with Crippen LogP contribution >= 0.6 is 0 Å². The SMILES string of the molecule is CCC1CCNC(c2cc(OC)ccc2OC)C1. The van der Waals surface area contributed by atoms with Gasteiger partial charge < -0.3 is 14.8 Å². The largest absolute Gasteiger partial charge is 0.497 e. The zero-order valence-electron chi connectivity index (χ0n) is 11.5. The van der Waals surface area contributed by atoms with Crippen molar-refractivity contribution >= 4 is 0 Å². The van der Waals surface area contributed by atoms with Crippen molar-refractivity contribution in [2.45, 2.75) is 32.2 Å². The fourth-order valence-electron chi connectivity index (χ4n) is 2.72. The van der Waals surface area contributed by atoms with Crippen LogP contribution in [-0.2, 0) is 0 Å². The summed E-state index contributed by atoms with van der Waals surface area (Å²) in [5, 5.41) is 3.59. The number of benzene rings is 1. The number of nitrogens with one attached hydrogen (secondary N) is 1. The Balaban J connectivity index is 2.24. The first-order valence-electron chi connectivity index (χ1n) is 6.73.